The number of piperidine rings is 1. The van der Waals surface area contributed by atoms with Crippen LogP contribution in [0.2, 0.25) is 0 Å². The van der Waals surface area contributed by atoms with E-state index >= 15 is 0 Å². The molecule has 1 fully saturated rings. The number of urea groups is 1. The quantitative estimate of drug-likeness (QED) is 0.674. The van der Waals surface area contributed by atoms with E-state index in [1.165, 1.54) is 0 Å². The molecule has 3 N–H and O–H groups in total. The average molecular weight is 276 g/mol. The maximum atomic E-state index is 11.8. The van der Waals surface area contributed by atoms with Crippen LogP contribution in [0.4, 0.5) is 4.79 Å². The first-order chi connectivity index (χ1) is 8.54. The number of carboxylic acids is 1. The van der Waals surface area contributed by atoms with E-state index < -0.39 is 12.0 Å². The van der Waals surface area contributed by atoms with Crippen LogP contribution in [0.5, 0.6) is 0 Å². The SMILES string of the molecule is CSCCC(NC(=O)N1CCC(O)CC1)C(=O)O. The summed E-state index contributed by atoms with van der Waals surface area (Å²) in [7, 11) is 0. The van der Waals surface area contributed by atoms with Crippen molar-refractivity contribution in [3.63, 3.8) is 0 Å². The number of carbonyl (C=O) groups excluding carboxylic acids is 1. The third-order valence-electron chi connectivity index (χ3n) is 2.96. The van der Waals surface area contributed by atoms with E-state index in [1.54, 1.807) is 16.7 Å². The Hall–Kier alpha value is -0.950. The maximum Gasteiger partial charge on any atom is 0.326 e. The molecule has 0 saturated carbocycles. The molecular weight excluding hydrogens is 256 g/mol. The topological polar surface area (TPSA) is 89.9 Å². The first-order valence-corrected chi connectivity index (χ1v) is 7.39. The van der Waals surface area contributed by atoms with E-state index in [-0.39, 0.29) is 12.1 Å². The molecule has 0 aliphatic carbocycles. The van der Waals surface area contributed by atoms with Crippen molar-refractivity contribution in [2.75, 3.05) is 25.1 Å². The minimum absolute atomic E-state index is 0.346. The third kappa shape index (κ3) is 4.73. The summed E-state index contributed by atoms with van der Waals surface area (Å²) in [5.74, 6) is -0.315. The van der Waals surface area contributed by atoms with Gasteiger partial charge in [-0.1, -0.05) is 0 Å². The number of likely N-dealkylation sites (tertiary alicyclic amines) is 1. The molecule has 1 aliphatic heterocycles. The van der Waals surface area contributed by atoms with Crippen molar-refractivity contribution in [3.05, 3.63) is 0 Å². The molecule has 7 heteroatoms. The first kappa shape index (κ1) is 15.1. The molecule has 1 heterocycles. The average Bonchev–Trinajstić information content (AvgIpc) is 2.34. The van der Waals surface area contributed by atoms with Crippen molar-refractivity contribution >= 4 is 23.8 Å². The molecule has 0 aromatic heterocycles. The van der Waals surface area contributed by atoms with Gasteiger partial charge in [-0.3, -0.25) is 0 Å². The predicted molar refractivity (Wildman–Crippen MR) is 69.8 cm³/mol. The predicted octanol–water partition coefficient (Wildman–Crippen LogP) is 0.359. The van der Waals surface area contributed by atoms with Gasteiger partial charge in [-0.2, -0.15) is 11.8 Å². The van der Waals surface area contributed by atoms with Crippen LogP contribution in [0.1, 0.15) is 19.3 Å². The second kappa shape index (κ2) is 7.48. The lowest BCUT2D eigenvalue weighted by atomic mass is 10.1. The Morgan fingerprint density at radius 2 is 2.06 bits per heavy atom. The highest BCUT2D eigenvalue weighted by molar-refractivity contribution is 7.98. The highest BCUT2D eigenvalue weighted by Crippen LogP contribution is 2.10. The highest BCUT2D eigenvalue weighted by Gasteiger charge is 2.25. The molecule has 0 aromatic rings. The molecule has 1 saturated heterocycles. The Morgan fingerprint density at radius 3 is 2.56 bits per heavy atom. The van der Waals surface area contributed by atoms with E-state index in [0.717, 1.165) is 0 Å². The molecule has 6 nitrogen and oxygen atoms in total. The lowest BCUT2D eigenvalue weighted by Gasteiger charge is -2.30. The van der Waals surface area contributed by atoms with E-state index in [4.69, 9.17) is 5.11 Å². The number of carboxylic acid groups (broad SMARTS) is 1. The molecule has 0 radical (unpaired) electrons. The normalized spacial score (nSPS) is 18.4. The van der Waals surface area contributed by atoms with Crippen molar-refractivity contribution in [1.82, 2.24) is 10.2 Å². The van der Waals surface area contributed by atoms with Crippen LogP contribution in [0.3, 0.4) is 0 Å². The van der Waals surface area contributed by atoms with Crippen LogP contribution >= 0.6 is 11.8 Å². The molecule has 1 atom stereocenters. The van der Waals surface area contributed by atoms with Gasteiger partial charge in [0.2, 0.25) is 0 Å². The summed E-state index contributed by atoms with van der Waals surface area (Å²) in [5, 5.41) is 20.9. The lowest BCUT2D eigenvalue weighted by Crippen LogP contribution is -2.50. The Labute approximate surface area is 111 Å². The van der Waals surface area contributed by atoms with Gasteiger partial charge in [0.05, 0.1) is 6.10 Å². The number of hydrogen-bond acceptors (Lipinski definition) is 4. The number of aliphatic carboxylic acids is 1. The van der Waals surface area contributed by atoms with Gasteiger partial charge in [0.25, 0.3) is 0 Å². The van der Waals surface area contributed by atoms with Gasteiger partial charge in [0.15, 0.2) is 0 Å². The van der Waals surface area contributed by atoms with Crippen LogP contribution < -0.4 is 5.32 Å². The lowest BCUT2D eigenvalue weighted by molar-refractivity contribution is -0.139. The van der Waals surface area contributed by atoms with E-state index in [2.05, 4.69) is 5.32 Å². The monoisotopic (exact) mass is 276 g/mol. The smallest absolute Gasteiger partial charge is 0.326 e. The molecule has 1 rings (SSSR count). The summed E-state index contributed by atoms with van der Waals surface area (Å²) in [6, 6.07) is -1.19. The highest BCUT2D eigenvalue weighted by atomic mass is 32.2. The molecule has 2 amide bonds. The fourth-order valence-corrected chi connectivity index (χ4v) is 2.27. The molecule has 0 spiro atoms. The van der Waals surface area contributed by atoms with Crippen LogP contribution in [0.15, 0.2) is 0 Å². The van der Waals surface area contributed by atoms with Crippen LogP contribution in [-0.4, -0.2) is 64.4 Å². The van der Waals surface area contributed by atoms with Crippen LogP contribution in [-0.2, 0) is 4.79 Å². The second-order valence-electron chi connectivity index (χ2n) is 4.34. The Bertz CT molecular complexity index is 293. The summed E-state index contributed by atoms with van der Waals surface area (Å²) in [5.41, 5.74) is 0. The number of nitrogens with one attached hydrogen (secondary N) is 1. The summed E-state index contributed by atoms with van der Waals surface area (Å²) in [6.07, 6.45) is 3.07. The Kier molecular flexibility index (Phi) is 6.28. The minimum Gasteiger partial charge on any atom is -0.480 e. The van der Waals surface area contributed by atoms with Crippen molar-refractivity contribution in [3.8, 4) is 0 Å². The Balaban J connectivity index is 2.42. The van der Waals surface area contributed by atoms with E-state index in [0.29, 0.717) is 38.1 Å². The van der Waals surface area contributed by atoms with Crippen molar-refractivity contribution in [1.29, 1.82) is 0 Å². The summed E-state index contributed by atoms with van der Waals surface area (Å²) < 4.78 is 0. The molecule has 18 heavy (non-hydrogen) atoms. The van der Waals surface area contributed by atoms with Crippen molar-refractivity contribution in [2.24, 2.45) is 0 Å². The fourth-order valence-electron chi connectivity index (χ4n) is 1.80. The fraction of sp³-hybridized carbons (Fsp3) is 0.818. The van der Waals surface area contributed by atoms with Gasteiger partial charge in [0.1, 0.15) is 6.04 Å². The van der Waals surface area contributed by atoms with Gasteiger partial charge >= 0.3 is 12.0 Å². The molecule has 1 aliphatic rings. The minimum atomic E-state index is -1.01. The Morgan fingerprint density at radius 1 is 1.44 bits per heavy atom. The van der Waals surface area contributed by atoms with Crippen LogP contribution in [0, 0.1) is 0 Å². The van der Waals surface area contributed by atoms with Gasteiger partial charge in [-0.15, -0.1) is 0 Å². The summed E-state index contributed by atoms with van der Waals surface area (Å²) in [4.78, 5) is 24.4. The number of aliphatic hydroxyl groups excluding tert-OH is 1. The zero-order chi connectivity index (χ0) is 13.5. The number of aliphatic hydroxyl groups is 1. The van der Waals surface area contributed by atoms with Gasteiger partial charge < -0.3 is 20.4 Å². The number of hydrogen-bond donors (Lipinski definition) is 3. The third-order valence-corrected chi connectivity index (χ3v) is 3.60. The van der Waals surface area contributed by atoms with Crippen molar-refractivity contribution in [2.45, 2.75) is 31.4 Å². The molecule has 1 unspecified atom stereocenters. The maximum absolute atomic E-state index is 11.8. The van der Waals surface area contributed by atoms with Gasteiger partial charge in [-0.25, -0.2) is 9.59 Å². The number of amides is 2. The number of rotatable bonds is 5. The number of nitrogens with zero attached hydrogens (tertiary/aromatic N) is 1. The summed E-state index contributed by atoms with van der Waals surface area (Å²) >= 11 is 1.55. The molecular formula is C11H20N2O4S. The summed E-state index contributed by atoms with van der Waals surface area (Å²) in [6.45, 7) is 0.948. The zero-order valence-corrected chi connectivity index (χ0v) is 11.3. The van der Waals surface area contributed by atoms with E-state index in [9.17, 15) is 14.7 Å². The van der Waals surface area contributed by atoms with Crippen LogP contribution in [0.25, 0.3) is 0 Å². The van der Waals surface area contributed by atoms with Crippen molar-refractivity contribution < 1.29 is 19.8 Å². The number of thioether (sulfide) groups is 1. The van der Waals surface area contributed by atoms with Gasteiger partial charge in [-0.05, 0) is 31.3 Å². The standard InChI is InChI=1S/C11H20N2O4S/c1-18-7-4-9(10(15)16)12-11(17)13-5-2-8(14)3-6-13/h8-9,14H,2-7H2,1H3,(H,12,17)(H,15,16). The zero-order valence-electron chi connectivity index (χ0n) is 10.5. The molecule has 104 valence electrons. The molecule has 0 bridgehead atoms. The largest absolute Gasteiger partial charge is 0.480 e. The van der Waals surface area contributed by atoms with E-state index in [1.807, 2.05) is 6.26 Å². The second-order valence-corrected chi connectivity index (χ2v) is 5.33. The first-order valence-electron chi connectivity index (χ1n) is 6.00. The molecule has 0 aromatic carbocycles. The van der Waals surface area contributed by atoms with Gasteiger partial charge in [0, 0.05) is 13.1 Å². The number of carbonyl (C=O) groups is 2.